The first-order valence-corrected chi connectivity index (χ1v) is 12.7. The predicted molar refractivity (Wildman–Crippen MR) is 145 cm³/mol. The monoisotopic (exact) mass is 514 g/mol. The fraction of sp³-hybridized carbons (Fsp3) is 0.207. The Morgan fingerprint density at radius 2 is 1.81 bits per heavy atom. The van der Waals surface area contributed by atoms with Gasteiger partial charge in [-0.15, -0.1) is 0 Å². The van der Waals surface area contributed by atoms with Crippen LogP contribution in [-0.2, 0) is 16.0 Å². The number of Topliss-reactive ketones (excluding diaryl/α,β-unsaturated/α-hetero) is 1. The van der Waals surface area contributed by atoms with Gasteiger partial charge < -0.3 is 14.6 Å². The molecule has 8 heteroatoms. The van der Waals surface area contributed by atoms with Crippen molar-refractivity contribution >= 4 is 44.1 Å². The van der Waals surface area contributed by atoms with E-state index in [1.807, 2.05) is 37.3 Å². The molecule has 0 saturated carbocycles. The first-order chi connectivity index (χ1) is 17.9. The van der Waals surface area contributed by atoms with Crippen LogP contribution in [0, 0.1) is 6.92 Å². The zero-order valence-electron chi connectivity index (χ0n) is 20.9. The van der Waals surface area contributed by atoms with Gasteiger partial charge in [0.25, 0.3) is 5.78 Å². The van der Waals surface area contributed by atoms with Crippen LogP contribution in [0.15, 0.2) is 66.2 Å². The van der Waals surface area contributed by atoms with E-state index in [0.29, 0.717) is 27.8 Å². The number of carbonyl (C=O) groups excluding carboxylic acids is 2. The molecule has 0 radical (unpaired) electrons. The van der Waals surface area contributed by atoms with Crippen molar-refractivity contribution in [1.29, 1.82) is 0 Å². The number of hydrogen-bond donors (Lipinski definition) is 1. The molecule has 1 unspecified atom stereocenters. The van der Waals surface area contributed by atoms with Gasteiger partial charge in [-0.2, -0.15) is 0 Å². The first kappa shape index (κ1) is 24.5. The van der Waals surface area contributed by atoms with E-state index in [2.05, 4.69) is 6.92 Å². The number of ketones is 1. The van der Waals surface area contributed by atoms with E-state index < -0.39 is 17.7 Å². The minimum absolute atomic E-state index is 0.0334. The Hall–Kier alpha value is -4.17. The minimum atomic E-state index is -0.974. The number of thiazole rings is 1. The third kappa shape index (κ3) is 4.13. The van der Waals surface area contributed by atoms with Gasteiger partial charge in [0.05, 0.1) is 30.0 Å². The number of anilines is 1. The molecular formula is C29H26N2O5S. The van der Waals surface area contributed by atoms with Gasteiger partial charge in [-0.25, -0.2) is 4.98 Å². The van der Waals surface area contributed by atoms with E-state index in [4.69, 9.17) is 14.5 Å². The van der Waals surface area contributed by atoms with Crippen LogP contribution in [0.25, 0.3) is 16.0 Å². The lowest BCUT2D eigenvalue weighted by Gasteiger charge is -2.25. The van der Waals surface area contributed by atoms with Crippen molar-refractivity contribution in [3.05, 3.63) is 88.5 Å². The molecule has 1 aromatic heterocycles. The second kappa shape index (κ2) is 9.71. The van der Waals surface area contributed by atoms with Crippen LogP contribution in [0.3, 0.4) is 0 Å². The summed E-state index contributed by atoms with van der Waals surface area (Å²) in [6.07, 6.45) is 0.866. The van der Waals surface area contributed by atoms with Crippen molar-refractivity contribution < 1.29 is 24.2 Å². The first-order valence-electron chi connectivity index (χ1n) is 11.9. The van der Waals surface area contributed by atoms with Crippen molar-refractivity contribution in [2.24, 2.45) is 0 Å². The smallest absolute Gasteiger partial charge is 0.301 e. The zero-order chi connectivity index (χ0) is 26.3. The van der Waals surface area contributed by atoms with Gasteiger partial charge in [0, 0.05) is 11.1 Å². The fourth-order valence-corrected chi connectivity index (χ4v) is 5.65. The molecule has 2 heterocycles. The van der Waals surface area contributed by atoms with E-state index in [1.54, 1.807) is 30.3 Å². The lowest BCUT2D eigenvalue weighted by molar-refractivity contribution is -0.132. The summed E-state index contributed by atoms with van der Waals surface area (Å²) in [6, 6.07) is 17.4. The average molecular weight is 515 g/mol. The molecule has 37 heavy (non-hydrogen) atoms. The molecule has 1 fully saturated rings. The van der Waals surface area contributed by atoms with E-state index >= 15 is 0 Å². The molecule has 1 saturated heterocycles. The Labute approximate surface area is 218 Å². The highest BCUT2D eigenvalue weighted by Gasteiger charge is 2.49. The van der Waals surface area contributed by atoms with Gasteiger partial charge >= 0.3 is 5.91 Å². The van der Waals surface area contributed by atoms with Gasteiger partial charge in [-0.05, 0) is 37.1 Å². The molecule has 1 aliphatic heterocycles. The molecule has 0 spiro atoms. The van der Waals surface area contributed by atoms with Crippen LogP contribution in [0.1, 0.15) is 35.2 Å². The number of amides is 1. The Morgan fingerprint density at radius 3 is 2.49 bits per heavy atom. The van der Waals surface area contributed by atoms with E-state index in [-0.39, 0.29) is 11.3 Å². The van der Waals surface area contributed by atoms with Crippen LogP contribution in [0.4, 0.5) is 5.13 Å². The molecule has 188 valence electrons. The highest BCUT2D eigenvalue weighted by atomic mass is 32.1. The number of methoxy groups -OCH3 is 2. The molecule has 1 atom stereocenters. The van der Waals surface area contributed by atoms with E-state index in [1.165, 1.54) is 30.5 Å². The van der Waals surface area contributed by atoms with Crippen molar-refractivity contribution in [2.45, 2.75) is 26.3 Å². The van der Waals surface area contributed by atoms with E-state index in [9.17, 15) is 14.7 Å². The van der Waals surface area contributed by atoms with Crippen molar-refractivity contribution in [3.8, 4) is 11.5 Å². The Kier molecular flexibility index (Phi) is 6.43. The standard InChI is InChI=1S/C29H26N2O5S/c1-5-17-11-14-20-22(15-17)37-29(30-20)31-24(19-7-6-8-21(35-3)27(19)36-4)23(26(33)28(31)34)25(32)18-12-9-16(2)10-13-18/h6-15,24,32H,5H2,1-4H3. The molecular weight excluding hydrogens is 488 g/mol. The Morgan fingerprint density at radius 1 is 1.05 bits per heavy atom. The van der Waals surface area contributed by atoms with Gasteiger partial charge in [-0.1, -0.05) is 66.3 Å². The summed E-state index contributed by atoms with van der Waals surface area (Å²) in [5.74, 6) is -1.01. The largest absolute Gasteiger partial charge is 0.507 e. The molecule has 0 aliphatic carbocycles. The van der Waals surface area contributed by atoms with Gasteiger partial charge in [0.2, 0.25) is 0 Å². The summed E-state index contributed by atoms with van der Waals surface area (Å²) in [5.41, 5.74) is 3.79. The third-order valence-corrected chi connectivity index (χ3v) is 7.57. The van der Waals surface area contributed by atoms with Crippen LogP contribution in [-0.4, -0.2) is 36.0 Å². The van der Waals surface area contributed by atoms with Crippen LogP contribution < -0.4 is 14.4 Å². The Balaban J connectivity index is 1.77. The van der Waals surface area contributed by atoms with Crippen LogP contribution in [0.2, 0.25) is 0 Å². The normalized spacial score (nSPS) is 17.0. The number of aryl methyl sites for hydroxylation is 2. The lowest BCUT2D eigenvalue weighted by Crippen LogP contribution is -2.29. The number of aliphatic hydroxyl groups excluding tert-OH is 1. The summed E-state index contributed by atoms with van der Waals surface area (Å²) in [5, 5.41) is 11.7. The molecule has 7 nitrogen and oxygen atoms in total. The molecule has 1 aliphatic rings. The topological polar surface area (TPSA) is 89.0 Å². The SMILES string of the molecule is CCc1ccc2nc(N3C(=O)C(=O)C(=C(O)c4ccc(C)cc4)C3c3cccc(OC)c3OC)sc2c1. The molecule has 1 amide bonds. The Bertz CT molecular complexity index is 1550. The molecule has 5 rings (SSSR count). The highest BCUT2D eigenvalue weighted by molar-refractivity contribution is 7.22. The second-order valence-corrected chi connectivity index (χ2v) is 9.78. The van der Waals surface area contributed by atoms with Crippen molar-refractivity contribution in [2.75, 3.05) is 19.1 Å². The molecule has 3 aromatic carbocycles. The number of benzene rings is 3. The number of aromatic nitrogens is 1. The summed E-state index contributed by atoms with van der Waals surface area (Å²) >= 11 is 1.33. The molecule has 1 N–H and O–H groups in total. The third-order valence-electron chi connectivity index (χ3n) is 6.55. The maximum atomic E-state index is 13.6. The number of hydrogen-bond acceptors (Lipinski definition) is 7. The molecule has 4 aromatic rings. The summed E-state index contributed by atoms with van der Waals surface area (Å²) < 4.78 is 12.1. The maximum absolute atomic E-state index is 13.6. The van der Waals surface area contributed by atoms with Gasteiger partial charge in [0.15, 0.2) is 16.6 Å². The summed E-state index contributed by atoms with van der Waals surface area (Å²) in [7, 11) is 3.02. The number of ether oxygens (including phenoxy) is 2. The number of para-hydroxylation sites is 1. The van der Waals surface area contributed by atoms with Crippen LogP contribution in [0.5, 0.6) is 11.5 Å². The van der Waals surface area contributed by atoms with Crippen molar-refractivity contribution in [1.82, 2.24) is 4.98 Å². The number of nitrogens with zero attached hydrogens (tertiary/aromatic N) is 2. The number of rotatable bonds is 6. The fourth-order valence-electron chi connectivity index (χ4n) is 4.60. The number of fused-ring (bicyclic) bond motifs is 1. The van der Waals surface area contributed by atoms with Crippen LogP contribution >= 0.6 is 11.3 Å². The van der Waals surface area contributed by atoms with Gasteiger partial charge in [0.1, 0.15) is 11.8 Å². The van der Waals surface area contributed by atoms with Crippen molar-refractivity contribution in [3.63, 3.8) is 0 Å². The lowest BCUT2D eigenvalue weighted by atomic mass is 9.94. The summed E-state index contributed by atoms with van der Waals surface area (Å²) in [4.78, 5) is 33.1. The quantitative estimate of drug-likeness (QED) is 0.198. The summed E-state index contributed by atoms with van der Waals surface area (Å²) in [6.45, 7) is 4.00. The molecule has 0 bridgehead atoms. The number of aliphatic hydroxyl groups is 1. The second-order valence-electron chi connectivity index (χ2n) is 8.77. The average Bonchev–Trinajstić information content (AvgIpc) is 3.45. The minimum Gasteiger partial charge on any atom is -0.507 e. The number of carbonyl (C=O) groups is 2. The highest BCUT2D eigenvalue weighted by Crippen LogP contribution is 2.48. The van der Waals surface area contributed by atoms with Gasteiger partial charge in [-0.3, -0.25) is 14.5 Å². The zero-order valence-corrected chi connectivity index (χ0v) is 21.8. The predicted octanol–water partition coefficient (Wildman–Crippen LogP) is 5.81. The maximum Gasteiger partial charge on any atom is 0.301 e. The van der Waals surface area contributed by atoms with E-state index in [0.717, 1.165) is 27.8 Å².